The molecule has 1 aliphatic rings. The predicted octanol–water partition coefficient (Wildman–Crippen LogP) is 1.80. The summed E-state index contributed by atoms with van der Waals surface area (Å²) in [5.74, 6) is 5.59. The summed E-state index contributed by atoms with van der Waals surface area (Å²) in [6.45, 7) is 2.73. The van der Waals surface area contributed by atoms with Crippen LogP contribution < -0.4 is 5.90 Å². The van der Waals surface area contributed by atoms with Crippen LogP contribution in [0.3, 0.4) is 0 Å². The van der Waals surface area contributed by atoms with Crippen molar-refractivity contribution >= 4 is 11.6 Å². The lowest BCUT2D eigenvalue weighted by atomic mass is 9.91. The Bertz CT molecular complexity index is 364. The van der Waals surface area contributed by atoms with E-state index in [2.05, 4.69) is 28.9 Å². The maximum absolute atomic E-state index is 6.27. The van der Waals surface area contributed by atoms with E-state index in [-0.39, 0.29) is 0 Å². The minimum absolute atomic E-state index is 0.530. The molecule has 1 heterocycles. The third-order valence-corrected chi connectivity index (χ3v) is 3.40. The minimum atomic E-state index is 0.530. The van der Waals surface area contributed by atoms with E-state index in [0.717, 1.165) is 24.5 Å². The molecule has 88 valence electrons. The van der Waals surface area contributed by atoms with Crippen molar-refractivity contribution in [2.24, 2.45) is 5.90 Å². The Balaban J connectivity index is 2.05. The first-order chi connectivity index (χ1) is 7.70. The number of hydrogen-bond donors (Lipinski definition) is 1. The summed E-state index contributed by atoms with van der Waals surface area (Å²) in [5.41, 5.74) is 2.43. The smallest absolute Gasteiger partial charge is 0.0719 e. The number of likely N-dealkylation sites (tertiary alicyclic amines) is 1. The first kappa shape index (κ1) is 11.9. The van der Waals surface area contributed by atoms with E-state index in [9.17, 15) is 0 Å². The number of benzene rings is 1. The van der Waals surface area contributed by atoms with Crippen molar-refractivity contribution < 1.29 is 4.84 Å². The SMILES string of the molecule is CN1CC(c2ccc(CCON)cc2Cl)C1. The van der Waals surface area contributed by atoms with Crippen LogP contribution in [-0.4, -0.2) is 31.6 Å². The minimum Gasteiger partial charge on any atom is -0.305 e. The second-order valence-electron chi connectivity index (χ2n) is 4.39. The maximum atomic E-state index is 6.27. The van der Waals surface area contributed by atoms with Crippen molar-refractivity contribution in [2.45, 2.75) is 12.3 Å². The Morgan fingerprint density at radius 3 is 2.81 bits per heavy atom. The molecule has 1 aliphatic heterocycles. The number of halogens is 1. The Kier molecular flexibility index (Phi) is 3.82. The molecule has 1 fully saturated rings. The summed E-state index contributed by atoms with van der Waals surface area (Å²) >= 11 is 6.27. The number of nitrogens with two attached hydrogens (primary N) is 1. The molecular formula is C12H17ClN2O. The van der Waals surface area contributed by atoms with Crippen molar-refractivity contribution in [2.75, 3.05) is 26.7 Å². The van der Waals surface area contributed by atoms with Gasteiger partial charge in [-0.1, -0.05) is 23.7 Å². The zero-order valence-corrected chi connectivity index (χ0v) is 10.2. The normalized spacial score (nSPS) is 17.4. The van der Waals surface area contributed by atoms with Gasteiger partial charge >= 0.3 is 0 Å². The van der Waals surface area contributed by atoms with Crippen LogP contribution in [0.1, 0.15) is 17.0 Å². The van der Waals surface area contributed by atoms with Crippen molar-refractivity contribution in [1.82, 2.24) is 4.90 Å². The number of nitrogens with zero attached hydrogens (tertiary/aromatic N) is 1. The highest BCUT2D eigenvalue weighted by Gasteiger charge is 2.26. The van der Waals surface area contributed by atoms with E-state index in [1.807, 2.05) is 6.07 Å². The summed E-state index contributed by atoms with van der Waals surface area (Å²) < 4.78 is 0. The van der Waals surface area contributed by atoms with Gasteiger partial charge in [0.15, 0.2) is 0 Å². The molecular weight excluding hydrogens is 224 g/mol. The number of likely N-dealkylation sites (N-methyl/N-ethyl adjacent to an activating group) is 1. The van der Waals surface area contributed by atoms with Crippen molar-refractivity contribution in [1.29, 1.82) is 0 Å². The van der Waals surface area contributed by atoms with Crippen LogP contribution in [0.25, 0.3) is 0 Å². The van der Waals surface area contributed by atoms with E-state index in [0.29, 0.717) is 12.5 Å². The maximum Gasteiger partial charge on any atom is 0.0719 e. The van der Waals surface area contributed by atoms with E-state index in [1.165, 1.54) is 11.1 Å². The van der Waals surface area contributed by atoms with Gasteiger partial charge in [0.05, 0.1) is 6.61 Å². The molecule has 1 aromatic rings. The van der Waals surface area contributed by atoms with Crippen LogP contribution in [0.15, 0.2) is 18.2 Å². The molecule has 16 heavy (non-hydrogen) atoms. The number of rotatable bonds is 4. The van der Waals surface area contributed by atoms with Crippen LogP contribution in [0.2, 0.25) is 5.02 Å². The Morgan fingerprint density at radius 1 is 1.50 bits per heavy atom. The summed E-state index contributed by atoms with van der Waals surface area (Å²) in [6, 6.07) is 6.26. The van der Waals surface area contributed by atoms with Gasteiger partial charge in [0.1, 0.15) is 0 Å². The Hall–Kier alpha value is -0.610. The largest absolute Gasteiger partial charge is 0.305 e. The highest BCUT2D eigenvalue weighted by Crippen LogP contribution is 2.31. The third-order valence-electron chi connectivity index (χ3n) is 3.08. The molecule has 2 N–H and O–H groups in total. The monoisotopic (exact) mass is 240 g/mol. The topological polar surface area (TPSA) is 38.5 Å². The molecule has 0 aromatic heterocycles. The number of hydrogen-bond acceptors (Lipinski definition) is 3. The first-order valence-corrected chi connectivity index (χ1v) is 5.87. The quantitative estimate of drug-likeness (QED) is 0.816. The molecule has 0 unspecified atom stereocenters. The van der Waals surface area contributed by atoms with Crippen molar-refractivity contribution in [3.8, 4) is 0 Å². The van der Waals surface area contributed by atoms with Crippen LogP contribution in [0.4, 0.5) is 0 Å². The standard InChI is InChI=1S/C12H17ClN2O/c1-15-7-10(8-15)11-3-2-9(4-5-16-14)6-12(11)13/h2-3,6,10H,4-5,7-8,14H2,1H3. The summed E-state index contributed by atoms with van der Waals surface area (Å²) in [4.78, 5) is 6.85. The van der Waals surface area contributed by atoms with Crippen LogP contribution in [0.5, 0.6) is 0 Å². The van der Waals surface area contributed by atoms with Gasteiger partial charge in [-0.25, -0.2) is 5.90 Å². The molecule has 0 saturated carbocycles. The Labute approximate surface area is 101 Å². The summed E-state index contributed by atoms with van der Waals surface area (Å²) in [7, 11) is 2.12. The molecule has 4 heteroatoms. The fourth-order valence-corrected chi connectivity index (χ4v) is 2.49. The molecule has 0 radical (unpaired) electrons. The molecule has 0 amide bonds. The van der Waals surface area contributed by atoms with Gasteiger partial charge in [-0.15, -0.1) is 0 Å². The predicted molar refractivity (Wildman–Crippen MR) is 65.5 cm³/mol. The zero-order chi connectivity index (χ0) is 11.5. The van der Waals surface area contributed by atoms with Gasteiger partial charge in [0.25, 0.3) is 0 Å². The van der Waals surface area contributed by atoms with Gasteiger partial charge in [0.2, 0.25) is 0 Å². The Morgan fingerprint density at radius 2 is 2.25 bits per heavy atom. The van der Waals surface area contributed by atoms with E-state index >= 15 is 0 Å². The average Bonchev–Trinajstić information content (AvgIpc) is 2.23. The molecule has 0 atom stereocenters. The van der Waals surface area contributed by atoms with Crippen molar-refractivity contribution in [3.05, 3.63) is 34.3 Å². The van der Waals surface area contributed by atoms with Crippen LogP contribution in [-0.2, 0) is 11.3 Å². The zero-order valence-electron chi connectivity index (χ0n) is 9.45. The lowest BCUT2D eigenvalue weighted by Gasteiger charge is -2.37. The van der Waals surface area contributed by atoms with Crippen LogP contribution >= 0.6 is 11.6 Å². The molecule has 2 rings (SSSR count). The lowest BCUT2D eigenvalue weighted by Crippen LogP contribution is -2.41. The summed E-state index contributed by atoms with van der Waals surface area (Å²) in [5, 5.41) is 0.868. The molecule has 0 aliphatic carbocycles. The van der Waals surface area contributed by atoms with Crippen LogP contribution in [0, 0.1) is 0 Å². The third kappa shape index (κ3) is 2.55. The van der Waals surface area contributed by atoms with Gasteiger partial charge in [-0.05, 0) is 30.7 Å². The van der Waals surface area contributed by atoms with E-state index in [4.69, 9.17) is 17.5 Å². The average molecular weight is 241 g/mol. The fourth-order valence-electron chi connectivity index (χ4n) is 2.13. The van der Waals surface area contributed by atoms with E-state index in [1.54, 1.807) is 0 Å². The van der Waals surface area contributed by atoms with E-state index < -0.39 is 0 Å². The molecule has 1 saturated heterocycles. The lowest BCUT2D eigenvalue weighted by molar-refractivity contribution is 0.141. The van der Waals surface area contributed by atoms with Gasteiger partial charge < -0.3 is 9.74 Å². The van der Waals surface area contributed by atoms with Gasteiger partial charge in [-0.3, -0.25) is 0 Å². The highest BCUT2D eigenvalue weighted by molar-refractivity contribution is 6.31. The molecule has 0 spiro atoms. The molecule has 1 aromatic carbocycles. The molecule has 3 nitrogen and oxygen atoms in total. The summed E-state index contributed by atoms with van der Waals surface area (Å²) in [6.07, 6.45) is 0.807. The van der Waals surface area contributed by atoms with Crippen molar-refractivity contribution in [3.63, 3.8) is 0 Å². The second kappa shape index (κ2) is 5.15. The fraction of sp³-hybridized carbons (Fsp3) is 0.500. The van der Waals surface area contributed by atoms with Gasteiger partial charge in [0, 0.05) is 24.0 Å². The van der Waals surface area contributed by atoms with Gasteiger partial charge in [-0.2, -0.15) is 0 Å². The first-order valence-electron chi connectivity index (χ1n) is 5.49. The highest BCUT2D eigenvalue weighted by atomic mass is 35.5. The second-order valence-corrected chi connectivity index (χ2v) is 4.80. The molecule has 0 bridgehead atoms.